The molecule has 0 atom stereocenters. The van der Waals surface area contributed by atoms with E-state index in [9.17, 15) is 0 Å². The molecule has 1 heterocycles. The summed E-state index contributed by atoms with van der Waals surface area (Å²) in [6, 6.07) is 12.6. The van der Waals surface area contributed by atoms with Crippen molar-refractivity contribution in [3.63, 3.8) is 0 Å². The number of benzene rings is 1. The Morgan fingerprint density at radius 2 is 1.71 bits per heavy atom. The maximum Gasteiger partial charge on any atom is 0.134 e. The molecule has 0 bridgehead atoms. The molecule has 0 radical (unpaired) electrons. The monoisotopic (exact) mass is 228 g/mol. The van der Waals surface area contributed by atoms with Gasteiger partial charge in [-0.15, -0.1) is 0 Å². The first-order valence-corrected chi connectivity index (χ1v) is 6.45. The lowest BCUT2D eigenvalue weighted by Crippen LogP contribution is -1.81. The summed E-state index contributed by atoms with van der Waals surface area (Å²) < 4.78 is 5.86. The van der Waals surface area contributed by atoms with Crippen LogP contribution in [0.15, 0.2) is 40.8 Å². The molecule has 0 saturated heterocycles. The van der Waals surface area contributed by atoms with Gasteiger partial charge in [-0.05, 0) is 25.5 Å². The maximum atomic E-state index is 5.86. The number of hydrogen-bond acceptors (Lipinski definition) is 1. The molecular weight excluding hydrogens is 208 g/mol. The first kappa shape index (κ1) is 12.0. The molecule has 0 N–H and O–H groups in total. The van der Waals surface area contributed by atoms with E-state index in [4.69, 9.17) is 4.42 Å². The quantitative estimate of drug-likeness (QED) is 0.657. The lowest BCUT2D eigenvalue weighted by Gasteiger charge is -1.98. The summed E-state index contributed by atoms with van der Waals surface area (Å²) in [6.07, 6.45) is 4.81. The second-order valence-electron chi connectivity index (χ2n) is 4.59. The van der Waals surface area contributed by atoms with Gasteiger partial charge in [-0.1, -0.05) is 49.6 Å². The summed E-state index contributed by atoms with van der Waals surface area (Å²) in [4.78, 5) is 0. The SMILES string of the molecule is CCCCCc1ccc(-c2ccc(C)cc2)o1. The molecule has 0 spiro atoms. The summed E-state index contributed by atoms with van der Waals surface area (Å²) in [5.74, 6) is 2.09. The molecule has 1 nitrogen and oxygen atoms in total. The van der Waals surface area contributed by atoms with E-state index in [1.807, 2.05) is 0 Å². The van der Waals surface area contributed by atoms with Crippen LogP contribution in [0.2, 0.25) is 0 Å². The van der Waals surface area contributed by atoms with Gasteiger partial charge >= 0.3 is 0 Å². The van der Waals surface area contributed by atoms with Crippen LogP contribution in [0.1, 0.15) is 37.5 Å². The molecule has 90 valence electrons. The summed E-state index contributed by atoms with van der Waals surface area (Å²) in [7, 11) is 0. The number of furan rings is 1. The van der Waals surface area contributed by atoms with E-state index in [1.165, 1.54) is 24.8 Å². The van der Waals surface area contributed by atoms with Gasteiger partial charge in [-0.2, -0.15) is 0 Å². The van der Waals surface area contributed by atoms with Crippen LogP contribution in [0.25, 0.3) is 11.3 Å². The molecular formula is C16H20O. The van der Waals surface area contributed by atoms with Crippen LogP contribution in [0, 0.1) is 6.92 Å². The van der Waals surface area contributed by atoms with E-state index in [0.717, 1.165) is 23.5 Å². The Bertz CT molecular complexity index is 451. The third-order valence-electron chi connectivity index (χ3n) is 3.02. The first-order chi connectivity index (χ1) is 8.29. The zero-order chi connectivity index (χ0) is 12.1. The van der Waals surface area contributed by atoms with Crippen LogP contribution in [-0.2, 0) is 6.42 Å². The molecule has 1 heteroatoms. The van der Waals surface area contributed by atoms with Gasteiger partial charge in [-0.3, -0.25) is 0 Å². The summed E-state index contributed by atoms with van der Waals surface area (Å²) in [5.41, 5.74) is 2.45. The molecule has 0 saturated carbocycles. The van der Waals surface area contributed by atoms with E-state index < -0.39 is 0 Å². The van der Waals surface area contributed by atoms with Crippen LogP contribution < -0.4 is 0 Å². The van der Waals surface area contributed by atoms with Gasteiger partial charge in [0.1, 0.15) is 11.5 Å². The molecule has 17 heavy (non-hydrogen) atoms. The van der Waals surface area contributed by atoms with Crippen LogP contribution in [0.4, 0.5) is 0 Å². The minimum absolute atomic E-state index is 0.983. The van der Waals surface area contributed by atoms with Gasteiger partial charge in [0.25, 0.3) is 0 Å². The lowest BCUT2D eigenvalue weighted by molar-refractivity contribution is 0.508. The Labute approximate surface area is 103 Å². The van der Waals surface area contributed by atoms with Crippen molar-refractivity contribution in [1.82, 2.24) is 0 Å². The molecule has 0 unspecified atom stereocenters. The van der Waals surface area contributed by atoms with Crippen molar-refractivity contribution < 1.29 is 4.42 Å². The molecule has 2 aromatic rings. The standard InChI is InChI=1S/C16H20O/c1-3-4-5-6-15-11-12-16(17-15)14-9-7-13(2)8-10-14/h7-12H,3-6H2,1-2H3. The first-order valence-electron chi connectivity index (χ1n) is 6.45. The number of rotatable bonds is 5. The van der Waals surface area contributed by atoms with Crippen molar-refractivity contribution in [3.8, 4) is 11.3 Å². The normalized spacial score (nSPS) is 10.7. The van der Waals surface area contributed by atoms with Crippen molar-refractivity contribution in [2.45, 2.75) is 39.5 Å². The number of unbranched alkanes of at least 4 members (excludes halogenated alkanes) is 2. The molecule has 0 aliphatic heterocycles. The number of hydrogen-bond donors (Lipinski definition) is 0. The second kappa shape index (κ2) is 5.72. The Balaban J connectivity index is 2.04. The molecule has 0 amide bonds. The Morgan fingerprint density at radius 3 is 2.41 bits per heavy atom. The third kappa shape index (κ3) is 3.23. The second-order valence-corrected chi connectivity index (χ2v) is 4.59. The van der Waals surface area contributed by atoms with Gasteiger partial charge in [0, 0.05) is 12.0 Å². The van der Waals surface area contributed by atoms with Crippen LogP contribution in [-0.4, -0.2) is 0 Å². The topological polar surface area (TPSA) is 13.1 Å². The van der Waals surface area contributed by atoms with E-state index in [1.54, 1.807) is 0 Å². The van der Waals surface area contributed by atoms with Crippen molar-refractivity contribution in [1.29, 1.82) is 0 Å². The molecule has 2 rings (SSSR count). The molecule has 1 aromatic heterocycles. The molecule has 0 fully saturated rings. The van der Waals surface area contributed by atoms with Crippen LogP contribution in [0.5, 0.6) is 0 Å². The average molecular weight is 228 g/mol. The highest BCUT2D eigenvalue weighted by Crippen LogP contribution is 2.23. The van der Waals surface area contributed by atoms with Gasteiger partial charge in [0.2, 0.25) is 0 Å². The van der Waals surface area contributed by atoms with Crippen molar-refractivity contribution in [2.75, 3.05) is 0 Å². The summed E-state index contributed by atoms with van der Waals surface area (Å²) >= 11 is 0. The zero-order valence-electron chi connectivity index (χ0n) is 10.7. The van der Waals surface area contributed by atoms with E-state index in [2.05, 4.69) is 50.2 Å². The zero-order valence-corrected chi connectivity index (χ0v) is 10.7. The van der Waals surface area contributed by atoms with Gasteiger partial charge < -0.3 is 4.42 Å². The average Bonchev–Trinajstić information content (AvgIpc) is 2.79. The Morgan fingerprint density at radius 1 is 0.941 bits per heavy atom. The van der Waals surface area contributed by atoms with Gasteiger partial charge in [0.15, 0.2) is 0 Å². The van der Waals surface area contributed by atoms with Gasteiger partial charge in [0.05, 0.1) is 0 Å². The summed E-state index contributed by atoms with van der Waals surface area (Å²) in [5, 5.41) is 0. The fourth-order valence-electron chi connectivity index (χ4n) is 1.93. The highest BCUT2D eigenvalue weighted by molar-refractivity contribution is 5.57. The maximum absolute atomic E-state index is 5.86. The van der Waals surface area contributed by atoms with Crippen LogP contribution in [0.3, 0.4) is 0 Å². The van der Waals surface area contributed by atoms with Crippen LogP contribution >= 0.6 is 0 Å². The predicted molar refractivity (Wildman–Crippen MR) is 72.1 cm³/mol. The molecule has 1 aromatic carbocycles. The van der Waals surface area contributed by atoms with E-state index >= 15 is 0 Å². The van der Waals surface area contributed by atoms with Crippen molar-refractivity contribution >= 4 is 0 Å². The minimum Gasteiger partial charge on any atom is -0.461 e. The Hall–Kier alpha value is -1.50. The van der Waals surface area contributed by atoms with Crippen molar-refractivity contribution in [3.05, 3.63) is 47.7 Å². The lowest BCUT2D eigenvalue weighted by atomic mass is 10.1. The summed E-state index contributed by atoms with van der Waals surface area (Å²) in [6.45, 7) is 4.32. The fraction of sp³-hybridized carbons (Fsp3) is 0.375. The largest absolute Gasteiger partial charge is 0.461 e. The fourth-order valence-corrected chi connectivity index (χ4v) is 1.93. The third-order valence-corrected chi connectivity index (χ3v) is 3.02. The molecule has 0 aliphatic carbocycles. The predicted octanol–water partition coefficient (Wildman–Crippen LogP) is 4.99. The van der Waals surface area contributed by atoms with Crippen molar-refractivity contribution in [2.24, 2.45) is 0 Å². The minimum atomic E-state index is 0.983. The Kier molecular flexibility index (Phi) is 4.03. The highest BCUT2D eigenvalue weighted by atomic mass is 16.3. The molecule has 0 aliphatic rings. The highest BCUT2D eigenvalue weighted by Gasteiger charge is 2.04. The van der Waals surface area contributed by atoms with Gasteiger partial charge in [-0.25, -0.2) is 0 Å². The number of aryl methyl sites for hydroxylation is 2. The smallest absolute Gasteiger partial charge is 0.134 e. The van der Waals surface area contributed by atoms with E-state index in [0.29, 0.717) is 0 Å². The van der Waals surface area contributed by atoms with E-state index in [-0.39, 0.29) is 0 Å².